The van der Waals surface area contributed by atoms with Crippen LogP contribution in [0.3, 0.4) is 0 Å². The Morgan fingerprint density at radius 2 is 2.08 bits per heavy atom. The lowest BCUT2D eigenvalue weighted by atomic mass is 10.1. The Labute approximate surface area is 144 Å². The Balaban J connectivity index is 1.46. The molecule has 1 amide bonds. The van der Waals surface area contributed by atoms with Crippen molar-refractivity contribution in [2.75, 3.05) is 25.4 Å². The quantitative estimate of drug-likeness (QED) is 0.781. The van der Waals surface area contributed by atoms with E-state index in [1.807, 2.05) is 6.07 Å². The standard InChI is InChI=1S/C18H26N2O3S/c21-18(20-10-7-14-6-9-19-13-14)8-11-24(22,23)17-5-4-15-2-1-3-16(15)12-17/h4-5,12,14,19H,1-3,6-11,13H2,(H,20,21). The first-order valence-corrected chi connectivity index (χ1v) is 10.5. The summed E-state index contributed by atoms with van der Waals surface area (Å²) in [5.41, 5.74) is 2.40. The van der Waals surface area contributed by atoms with Crippen molar-refractivity contribution in [3.05, 3.63) is 29.3 Å². The number of sulfone groups is 1. The van der Waals surface area contributed by atoms with E-state index in [1.165, 1.54) is 5.56 Å². The molecule has 0 aromatic heterocycles. The summed E-state index contributed by atoms with van der Waals surface area (Å²) in [5, 5.41) is 6.14. The van der Waals surface area contributed by atoms with Gasteiger partial charge in [0.1, 0.15) is 0 Å². The largest absolute Gasteiger partial charge is 0.356 e. The molecule has 2 N–H and O–H groups in total. The molecule has 24 heavy (non-hydrogen) atoms. The summed E-state index contributed by atoms with van der Waals surface area (Å²) in [6.07, 6.45) is 5.22. The Hall–Kier alpha value is -1.40. The number of amides is 1. The van der Waals surface area contributed by atoms with Crippen molar-refractivity contribution >= 4 is 15.7 Å². The van der Waals surface area contributed by atoms with Crippen LogP contribution in [0.15, 0.2) is 23.1 Å². The highest BCUT2D eigenvalue weighted by Crippen LogP contribution is 2.25. The zero-order valence-corrected chi connectivity index (χ0v) is 14.8. The van der Waals surface area contributed by atoms with Crippen LogP contribution in [0.4, 0.5) is 0 Å². The number of rotatable bonds is 7. The first-order valence-electron chi connectivity index (χ1n) is 8.86. The van der Waals surface area contributed by atoms with Crippen LogP contribution < -0.4 is 10.6 Å². The van der Waals surface area contributed by atoms with E-state index in [1.54, 1.807) is 12.1 Å². The van der Waals surface area contributed by atoms with Crippen molar-refractivity contribution in [1.29, 1.82) is 0 Å². The Kier molecular flexibility index (Phi) is 5.56. The Morgan fingerprint density at radius 1 is 1.25 bits per heavy atom. The normalized spacial score (nSPS) is 20.1. The number of aryl methyl sites for hydroxylation is 2. The van der Waals surface area contributed by atoms with E-state index in [4.69, 9.17) is 0 Å². The van der Waals surface area contributed by atoms with Gasteiger partial charge in [0.2, 0.25) is 5.91 Å². The van der Waals surface area contributed by atoms with Gasteiger partial charge in [-0.1, -0.05) is 6.07 Å². The van der Waals surface area contributed by atoms with Crippen molar-refractivity contribution in [1.82, 2.24) is 10.6 Å². The monoisotopic (exact) mass is 350 g/mol. The molecule has 1 aliphatic heterocycles. The van der Waals surface area contributed by atoms with E-state index in [9.17, 15) is 13.2 Å². The fourth-order valence-electron chi connectivity index (χ4n) is 3.55. The van der Waals surface area contributed by atoms with E-state index in [-0.39, 0.29) is 18.1 Å². The van der Waals surface area contributed by atoms with E-state index < -0.39 is 9.84 Å². The topological polar surface area (TPSA) is 75.3 Å². The Bertz CT molecular complexity index is 694. The van der Waals surface area contributed by atoms with Gasteiger partial charge in [0.15, 0.2) is 9.84 Å². The van der Waals surface area contributed by atoms with Gasteiger partial charge in [-0.25, -0.2) is 8.42 Å². The first-order chi connectivity index (χ1) is 11.5. The van der Waals surface area contributed by atoms with Crippen LogP contribution >= 0.6 is 0 Å². The predicted octanol–water partition coefficient (Wildman–Crippen LogP) is 1.45. The SMILES string of the molecule is O=C(CCS(=O)(=O)c1ccc2c(c1)CCC2)NCCC1CCNC1. The lowest BCUT2D eigenvalue weighted by Crippen LogP contribution is -2.28. The Morgan fingerprint density at radius 3 is 2.88 bits per heavy atom. The number of hydrogen-bond acceptors (Lipinski definition) is 4. The number of fused-ring (bicyclic) bond motifs is 1. The van der Waals surface area contributed by atoms with Crippen molar-refractivity contribution in [2.24, 2.45) is 5.92 Å². The maximum atomic E-state index is 12.4. The minimum absolute atomic E-state index is 0.0301. The molecule has 0 bridgehead atoms. The van der Waals surface area contributed by atoms with Gasteiger partial charge in [0.25, 0.3) is 0 Å². The highest BCUT2D eigenvalue weighted by Gasteiger charge is 2.20. The molecular weight excluding hydrogens is 324 g/mol. The molecule has 6 heteroatoms. The van der Waals surface area contributed by atoms with Crippen molar-refractivity contribution in [2.45, 2.75) is 43.4 Å². The maximum absolute atomic E-state index is 12.4. The second-order valence-electron chi connectivity index (χ2n) is 6.85. The van der Waals surface area contributed by atoms with Gasteiger partial charge in [0.05, 0.1) is 10.6 Å². The van der Waals surface area contributed by atoms with Crippen LogP contribution in [0.25, 0.3) is 0 Å². The second-order valence-corrected chi connectivity index (χ2v) is 8.96. The average molecular weight is 350 g/mol. The molecular formula is C18H26N2O3S. The van der Waals surface area contributed by atoms with Crippen LogP contribution in [-0.2, 0) is 27.5 Å². The number of nitrogens with one attached hydrogen (secondary N) is 2. The third kappa shape index (κ3) is 4.36. The lowest BCUT2D eigenvalue weighted by Gasteiger charge is -2.10. The van der Waals surface area contributed by atoms with Gasteiger partial charge in [-0.05, 0) is 74.4 Å². The minimum Gasteiger partial charge on any atom is -0.356 e. The summed E-state index contributed by atoms with van der Waals surface area (Å²) >= 11 is 0. The molecule has 132 valence electrons. The molecule has 0 spiro atoms. The van der Waals surface area contributed by atoms with Crippen LogP contribution in [-0.4, -0.2) is 39.7 Å². The third-order valence-electron chi connectivity index (χ3n) is 5.06. The van der Waals surface area contributed by atoms with Crippen LogP contribution in [0.1, 0.15) is 36.8 Å². The molecule has 5 nitrogen and oxygen atoms in total. The van der Waals surface area contributed by atoms with Crippen molar-refractivity contribution in [3.8, 4) is 0 Å². The summed E-state index contributed by atoms with van der Waals surface area (Å²) < 4.78 is 24.9. The molecule has 3 rings (SSSR count). The first kappa shape index (κ1) is 17.4. The molecule has 1 aliphatic carbocycles. The predicted molar refractivity (Wildman–Crippen MR) is 93.7 cm³/mol. The van der Waals surface area contributed by atoms with Crippen LogP contribution in [0.5, 0.6) is 0 Å². The summed E-state index contributed by atoms with van der Waals surface area (Å²) in [7, 11) is -3.39. The van der Waals surface area contributed by atoms with E-state index in [0.717, 1.165) is 50.8 Å². The molecule has 0 saturated carbocycles. The molecule has 1 fully saturated rings. The van der Waals surface area contributed by atoms with E-state index in [2.05, 4.69) is 10.6 Å². The van der Waals surface area contributed by atoms with Gasteiger partial charge in [0, 0.05) is 13.0 Å². The fourth-order valence-corrected chi connectivity index (χ4v) is 4.84. The molecule has 2 aliphatic rings. The molecule has 0 radical (unpaired) electrons. The third-order valence-corrected chi connectivity index (χ3v) is 6.78. The summed E-state index contributed by atoms with van der Waals surface area (Å²) in [6, 6.07) is 5.40. The number of benzene rings is 1. The number of carbonyl (C=O) groups is 1. The molecule has 1 atom stereocenters. The van der Waals surface area contributed by atoms with Gasteiger partial charge >= 0.3 is 0 Å². The van der Waals surface area contributed by atoms with Crippen LogP contribution in [0, 0.1) is 5.92 Å². The molecule has 1 heterocycles. The molecule has 1 aromatic carbocycles. The summed E-state index contributed by atoms with van der Waals surface area (Å²) in [5.74, 6) is 0.328. The second kappa shape index (κ2) is 7.66. The van der Waals surface area contributed by atoms with E-state index in [0.29, 0.717) is 17.4 Å². The smallest absolute Gasteiger partial charge is 0.221 e. The zero-order chi connectivity index (χ0) is 17.0. The van der Waals surface area contributed by atoms with Gasteiger partial charge < -0.3 is 10.6 Å². The number of hydrogen-bond donors (Lipinski definition) is 2. The molecule has 1 aromatic rings. The maximum Gasteiger partial charge on any atom is 0.221 e. The highest BCUT2D eigenvalue weighted by atomic mass is 32.2. The van der Waals surface area contributed by atoms with Gasteiger partial charge in [-0.2, -0.15) is 0 Å². The van der Waals surface area contributed by atoms with Crippen molar-refractivity contribution < 1.29 is 13.2 Å². The summed E-state index contributed by atoms with van der Waals surface area (Å²) in [6.45, 7) is 2.70. The number of carbonyl (C=O) groups excluding carboxylic acids is 1. The lowest BCUT2D eigenvalue weighted by molar-refractivity contribution is -0.120. The average Bonchev–Trinajstić information content (AvgIpc) is 3.23. The molecule has 1 saturated heterocycles. The summed E-state index contributed by atoms with van der Waals surface area (Å²) in [4.78, 5) is 12.2. The molecule has 1 unspecified atom stereocenters. The van der Waals surface area contributed by atoms with Crippen LogP contribution in [0.2, 0.25) is 0 Å². The zero-order valence-electron chi connectivity index (χ0n) is 14.0. The van der Waals surface area contributed by atoms with Gasteiger partial charge in [-0.3, -0.25) is 4.79 Å². The highest BCUT2D eigenvalue weighted by molar-refractivity contribution is 7.91. The van der Waals surface area contributed by atoms with E-state index >= 15 is 0 Å². The fraction of sp³-hybridized carbons (Fsp3) is 0.611. The van der Waals surface area contributed by atoms with Crippen molar-refractivity contribution in [3.63, 3.8) is 0 Å². The van der Waals surface area contributed by atoms with Gasteiger partial charge in [-0.15, -0.1) is 0 Å². The minimum atomic E-state index is -3.39.